The molecule has 0 saturated carbocycles. The molecule has 3 rings (SSSR count). The highest BCUT2D eigenvalue weighted by molar-refractivity contribution is 9.10. The number of rotatable bonds is 4. The first-order valence-electron chi connectivity index (χ1n) is 7.41. The van der Waals surface area contributed by atoms with Gasteiger partial charge in [-0.1, -0.05) is 40.7 Å². The molecule has 118 valence electrons. The Labute approximate surface area is 144 Å². The number of allylic oxidation sites excluding steroid dienone is 2. The lowest BCUT2D eigenvalue weighted by atomic mass is 10.0. The van der Waals surface area contributed by atoms with E-state index in [9.17, 15) is 0 Å². The van der Waals surface area contributed by atoms with Crippen molar-refractivity contribution in [2.75, 3.05) is 20.3 Å². The van der Waals surface area contributed by atoms with Crippen molar-refractivity contribution in [2.45, 2.75) is 0 Å². The predicted octanol–water partition coefficient (Wildman–Crippen LogP) is 4.49. The average molecular weight is 372 g/mol. The van der Waals surface area contributed by atoms with E-state index in [1.165, 1.54) is 0 Å². The summed E-state index contributed by atoms with van der Waals surface area (Å²) in [6.07, 6.45) is 2.03. The van der Waals surface area contributed by atoms with Crippen LogP contribution in [-0.4, -0.2) is 20.3 Å². The summed E-state index contributed by atoms with van der Waals surface area (Å²) in [5, 5.41) is 3.23. The van der Waals surface area contributed by atoms with Crippen LogP contribution in [0.15, 0.2) is 59.6 Å². The third-order valence-electron chi connectivity index (χ3n) is 3.64. The van der Waals surface area contributed by atoms with Crippen LogP contribution in [0.25, 0.3) is 11.3 Å². The molecule has 1 aliphatic heterocycles. The summed E-state index contributed by atoms with van der Waals surface area (Å²) in [6.45, 7) is 5.36. The molecule has 0 radical (unpaired) electrons. The fourth-order valence-electron chi connectivity index (χ4n) is 2.46. The lowest BCUT2D eigenvalue weighted by Gasteiger charge is -2.19. The third kappa shape index (κ3) is 3.59. The van der Waals surface area contributed by atoms with E-state index in [1.807, 2.05) is 43.5 Å². The SMILES string of the molecule is C=C(/C=C(\NC)c1cccc(Br)c1)c1ccc2c(c1)OCCO2. The highest BCUT2D eigenvalue weighted by atomic mass is 79.9. The van der Waals surface area contributed by atoms with Crippen LogP contribution in [-0.2, 0) is 0 Å². The Morgan fingerprint density at radius 1 is 1.09 bits per heavy atom. The van der Waals surface area contributed by atoms with Crippen LogP contribution in [0.3, 0.4) is 0 Å². The Morgan fingerprint density at radius 2 is 1.87 bits per heavy atom. The highest BCUT2D eigenvalue weighted by Gasteiger charge is 2.12. The second-order valence-electron chi connectivity index (χ2n) is 5.20. The number of halogens is 1. The van der Waals surface area contributed by atoms with Crippen molar-refractivity contribution in [1.29, 1.82) is 0 Å². The van der Waals surface area contributed by atoms with Crippen molar-refractivity contribution >= 4 is 27.2 Å². The smallest absolute Gasteiger partial charge is 0.161 e. The summed E-state index contributed by atoms with van der Waals surface area (Å²) in [4.78, 5) is 0. The molecular formula is C19H18BrNO2. The van der Waals surface area contributed by atoms with E-state index in [0.717, 1.165) is 38.4 Å². The number of hydrogen-bond donors (Lipinski definition) is 1. The summed E-state index contributed by atoms with van der Waals surface area (Å²) < 4.78 is 12.2. The van der Waals surface area contributed by atoms with Gasteiger partial charge in [-0.15, -0.1) is 0 Å². The zero-order chi connectivity index (χ0) is 16.2. The van der Waals surface area contributed by atoms with E-state index in [1.54, 1.807) is 0 Å². The summed E-state index contributed by atoms with van der Waals surface area (Å²) in [6, 6.07) is 14.1. The molecule has 1 heterocycles. The van der Waals surface area contributed by atoms with Crippen molar-refractivity contribution in [3.8, 4) is 11.5 Å². The van der Waals surface area contributed by atoms with Crippen molar-refractivity contribution in [1.82, 2.24) is 5.32 Å². The van der Waals surface area contributed by atoms with Crippen LogP contribution >= 0.6 is 15.9 Å². The minimum absolute atomic E-state index is 0.582. The number of benzene rings is 2. The summed E-state index contributed by atoms with van der Waals surface area (Å²) >= 11 is 3.50. The van der Waals surface area contributed by atoms with Gasteiger partial charge >= 0.3 is 0 Å². The van der Waals surface area contributed by atoms with Gasteiger partial charge in [-0.2, -0.15) is 0 Å². The van der Waals surface area contributed by atoms with Crippen LogP contribution in [0.2, 0.25) is 0 Å². The van der Waals surface area contributed by atoms with Gasteiger partial charge in [0.05, 0.1) is 0 Å². The fourth-order valence-corrected chi connectivity index (χ4v) is 2.86. The van der Waals surface area contributed by atoms with Gasteiger partial charge in [-0.3, -0.25) is 0 Å². The third-order valence-corrected chi connectivity index (χ3v) is 4.13. The van der Waals surface area contributed by atoms with Crippen LogP contribution in [0.5, 0.6) is 11.5 Å². The van der Waals surface area contributed by atoms with Crippen LogP contribution in [0.4, 0.5) is 0 Å². The maximum Gasteiger partial charge on any atom is 0.161 e. The monoisotopic (exact) mass is 371 g/mol. The number of hydrogen-bond acceptors (Lipinski definition) is 3. The van der Waals surface area contributed by atoms with Gasteiger partial charge in [0.25, 0.3) is 0 Å². The lowest BCUT2D eigenvalue weighted by molar-refractivity contribution is 0.171. The van der Waals surface area contributed by atoms with Crippen molar-refractivity contribution in [3.05, 3.63) is 70.7 Å². The maximum absolute atomic E-state index is 5.64. The van der Waals surface area contributed by atoms with Crippen LogP contribution in [0, 0.1) is 0 Å². The van der Waals surface area contributed by atoms with Crippen molar-refractivity contribution in [3.63, 3.8) is 0 Å². The number of fused-ring (bicyclic) bond motifs is 1. The molecule has 3 nitrogen and oxygen atoms in total. The second-order valence-corrected chi connectivity index (χ2v) is 6.12. The summed E-state index contributed by atoms with van der Waals surface area (Å²) in [5.74, 6) is 1.56. The Morgan fingerprint density at radius 3 is 2.61 bits per heavy atom. The van der Waals surface area contributed by atoms with Gasteiger partial charge in [0.2, 0.25) is 0 Å². The Bertz CT molecular complexity index is 768. The van der Waals surface area contributed by atoms with Gasteiger partial charge < -0.3 is 14.8 Å². The Balaban J connectivity index is 1.89. The predicted molar refractivity (Wildman–Crippen MR) is 97.6 cm³/mol. The second kappa shape index (κ2) is 6.92. The molecule has 0 aliphatic carbocycles. The van der Waals surface area contributed by atoms with Gasteiger partial charge in [0.15, 0.2) is 11.5 Å². The topological polar surface area (TPSA) is 30.5 Å². The molecule has 1 N–H and O–H groups in total. The van der Waals surface area contributed by atoms with E-state index >= 15 is 0 Å². The first kappa shape index (κ1) is 15.7. The van der Waals surface area contributed by atoms with Crippen LogP contribution < -0.4 is 14.8 Å². The molecule has 23 heavy (non-hydrogen) atoms. The van der Waals surface area contributed by atoms with Crippen molar-refractivity contribution < 1.29 is 9.47 Å². The van der Waals surface area contributed by atoms with E-state index in [-0.39, 0.29) is 0 Å². The van der Waals surface area contributed by atoms with Crippen molar-refractivity contribution in [2.24, 2.45) is 0 Å². The minimum Gasteiger partial charge on any atom is -0.486 e. The molecule has 0 fully saturated rings. The van der Waals surface area contributed by atoms with Gasteiger partial charge in [-0.05, 0) is 47.0 Å². The molecule has 2 aromatic carbocycles. The normalized spacial score (nSPS) is 13.6. The van der Waals surface area contributed by atoms with Crippen LogP contribution in [0.1, 0.15) is 11.1 Å². The standard InChI is InChI=1S/C19H18BrNO2/c1-13(10-17(21-2)15-4-3-5-16(20)11-15)14-6-7-18-19(12-14)23-9-8-22-18/h3-7,10-12,21H,1,8-9H2,2H3/b17-10-. The quantitative estimate of drug-likeness (QED) is 0.802. The molecule has 4 heteroatoms. The first-order chi connectivity index (χ1) is 11.2. The van der Waals surface area contributed by atoms with E-state index in [0.29, 0.717) is 13.2 Å². The maximum atomic E-state index is 5.64. The van der Waals surface area contributed by atoms with E-state index < -0.39 is 0 Å². The highest BCUT2D eigenvalue weighted by Crippen LogP contribution is 2.33. The zero-order valence-electron chi connectivity index (χ0n) is 12.9. The molecule has 2 aromatic rings. The molecule has 1 aliphatic rings. The average Bonchev–Trinajstić information content (AvgIpc) is 2.59. The van der Waals surface area contributed by atoms with E-state index in [4.69, 9.17) is 9.47 Å². The fraction of sp³-hybridized carbons (Fsp3) is 0.158. The molecule has 0 saturated heterocycles. The molecule has 0 atom stereocenters. The molecule has 0 spiro atoms. The lowest BCUT2D eigenvalue weighted by Crippen LogP contribution is -2.15. The van der Waals surface area contributed by atoms with Gasteiger partial charge in [-0.25, -0.2) is 0 Å². The first-order valence-corrected chi connectivity index (χ1v) is 8.21. The number of ether oxygens (including phenoxy) is 2. The number of nitrogens with one attached hydrogen (secondary N) is 1. The zero-order valence-corrected chi connectivity index (χ0v) is 14.5. The summed E-state index contributed by atoms with van der Waals surface area (Å²) in [7, 11) is 1.91. The molecular weight excluding hydrogens is 354 g/mol. The minimum atomic E-state index is 0.582. The van der Waals surface area contributed by atoms with Gasteiger partial charge in [0, 0.05) is 17.2 Å². The molecule has 0 aromatic heterocycles. The largest absolute Gasteiger partial charge is 0.486 e. The Kier molecular flexibility index (Phi) is 4.72. The van der Waals surface area contributed by atoms with Gasteiger partial charge in [0.1, 0.15) is 13.2 Å². The molecule has 0 bridgehead atoms. The van der Waals surface area contributed by atoms with E-state index in [2.05, 4.69) is 40.0 Å². The summed E-state index contributed by atoms with van der Waals surface area (Å²) in [5.41, 5.74) is 4.02. The molecule has 0 amide bonds. The molecule has 0 unspecified atom stereocenters. The Hall–Kier alpha value is -2.20.